The molecule has 27 heavy (non-hydrogen) atoms. The van der Waals surface area contributed by atoms with Gasteiger partial charge in [-0.2, -0.15) is 0 Å². The van der Waals surface area contributed by atoms with E-state index < -0.39 is 0 Å². The van der Waals surface area contributed by atoms with Crippen LogP contribution in [0.1, 0.15) is 70.5 Å². The molecule has 1 heterocycles. The fourth-order valence-electron chi connectivity index (χ4n) is 3.43. The number of nitrogens with zero attached hydrogens (tertiary/aromatic N) is 1. The normalized spacial score (nSPS) is 13.2. The van der Waals surface area contributed by atoms with Crippen LogP contribution in [0.25, 0.3) is 0 Å². The average molecular weight is 385 g/mol. The van der Waals surface area contributed by atoms with E-state index in [9.17, 15) is 9.59 Å². The minimum Gasteiger partial charge on any atom is -0.356 e. The zero-order valence-corrected chi connectivity index (χ0v) is 16.9. The fraction of sp³-hybridized carbons (Fsp3) is 0.500. The summed E-state index contributed by atoms with van der Waals surface area (Å²) in [6.45, 7) is 2.73. The number of hydrogen-bond donors (Lipinski definition) is 1. The van der Waals surface area contributed by atoms with Crippen molar-refractivity contribution in [3.05, 3.63) is 51.0 Å². The lowest BCUT2D eigenvalue weighted by atomic mass is 10.0. The van der Waals surface area contributed by atoms with Crippen LogP contribution < -0.4 is 5.32 Å². The van der Waals surface area contributed by atoms with Crippen LogP contribution in [-0.4, -0.2) is 23.2 Å². The number of carbonyl (C=O) groups is 2. The first-order valence-electron chi connectivity index (χ1n) is 10.0. The van der Waals surface area contributed by atoms with Gasteiger partial charge in [0.15, 0.2) is 5.78 Å². The van der Waals surface area contributed by atoms with E-state index in [0.717, 1.165) is 37.1 Å². The van der Waals surface area contributed by atoms with Crippen molar-refractivity contribution in [3.63, 3.8) is 0 Å². The molecule has 5 heteroatoms. The Morgan fingerprint density at radius 1 is 1.07 bits per heavy atom. The van der Waals surface area contributed by atoms with Gasteiger partial charge in [0.2, 0.25) is 5.91 Å². The smallest absolute Gasteiger partial charge is 0.220 e. The third-order valence-electron chi connectivity index (χ3n) is 4.94. The maximum absolute atomic E-state index is 12.2. The molecule has 1 aliphatic carbocycles. The number of aryl methyl sites for hydroxylation is 3. The molecule has 0 spiro atoms. The summed E-state index contributed by atoms with van der Waals surface area (Å²) in [7, 11) is 0. The Balaban J connectivity index is 1.37. The number of carbonyl (C=O) groups excluding carboxylic acids is 2. The van der Waals surface area contributed by atoms with Gasteiger partial charge in [0.1, 0.15) is 0 Å². The van der Waals surface area contributed by atoms with Gasteiger partial charge in [-0.15, -0.1) is 11.3 Å². The number of hydrogen-bond acceptors (Lipinski definition) is 4. The second-order valence-electron chi connectivity index (χ2n) is 7.15. The molecule has 0 atom stereocenters. The number of benzene rings is 1. The lowest BCUT2D eigenvalue weighted by molar-refractivity contribution is -0.121. The summed E-state index contributed by atoms with van der Waals surface area (Å²) >= 11 is 1.79. The minimum atomic E-state index is -0.0627. The van der Waals surface area contributed by atoms with Crippen molar-refractivity contribution in [3.8, 4) is 0 Å². The summed E-state index contributed by atoms with van der Waals surface area (Å²) in [6, 6.07) is 7.75. The van der Waals surface area contributed by atoms with Gasteiger partial charge in [0, 0.05) is 36.2 Å². The molecule has 1 N–H and O–H groups in total. The first-order valence-corrected chi connectivity index (χ1v) is 10.8. The number of rotatable bonds is 9. The molecule has 4 nitrogen and oxygen atoms in total. The SMILES string of the molecule is CCCc1ccc(C(=O)CCC(=O)NCCc2nc3c(s2)CCCC3)cc1. The summed E-state index contributed by atoms with van der Waals surface area (Å²) in [4.78, 5) is 30.4. The van der Waals surface area contributed by atoms with E-state index in [4.69, 9.17) is 4.98 Å². The highest BCUT2D eigenvalue weighted by Gasteiger charge is 2.15. The van der Waals surface area contributed by atoms with E-state index in [0.29, 0.717) is 12.1 Å². The van der Waals surface area contributed by atoms with Crippen molar-refractivity contribution in [2.75, 3.05) is 6.54 Å². The van der Waals surface area contributed by atoms with Gasteiger partial charge in [-0.3, -0.25) is 9.59 Å². The van der Waals surface area contributed by atoms with E-state index in [2.05, 4.69) is 12.2 Å². The van der Waals surface area contributed by atoms with E-state index >= 15 is 0 Å². The van der Waals surface area contributed by atoms with Crippen molar-refractivity contribution < 1.29 is 9.59 Å². The standard InChI is InChI=1S/C22H28N2O2S/c1-2-5-16-8-10-17(11-9-16)19(25)12-13-21(26)23-15-14-22-24-18-6-3-4-7-20(18)27-22/h8-11H,2-7,12-15H2,1H3,(H,23,26). The zero-order valence-electron chi connectivity index (χ0n) is 16.1. The van der Waals surface area contributed by atoms with Gasteiger partial charge >= 0.3 is 0 Å². The second kappa shape index (κ2) is 9.79. The Labute approximate surface area is 165 Å². The van der Waals surface area contributed by atoms with Crippen LogP contribution in [0.3, 0.4) is 0 Å². The van der Waals surface area contributed by atoms with Gasteiger partial charge in [-0.1, -0.05) is 37.6 Å². The monoisotopic (exact) mass is 384 g/mol. The van der Waals surface area contributed by atoms with Crippen LogP contribution >= 0.6 is 11.3 Å². The molecule has 2 aromatic rings. The number of nitrogens with one attached hydrogen (secondary N) is 1. The zero-order chi connectivity index (χ0) is 19.1. The van der Waals surface area contributed by atoms with Crippen LogP contribution in [-0.2, 0) is 30.5 Å². The molecular formula is C22H28N2O2S. The van der Waals surface area contributed by atoms with Crippen molar-refractivity contribution >= 4 is 23.0 Å². The van der Waals surface area contributed by atoms with Crippen molar-refractivity contribution in [1.82, 2.24) is 10.3 Å². The van der Waals surface area contributed by atoms with Crippen LogP contribution in [0.5, 0.6) is 0 Å². The minimum absolute atomic E-state index is 0.0285. The first-order chi connectivity index (χ1) is 13.2. The molecule has 0 bridgehead atoms. The van der Waals surface area contributed by atoms with Crippen molar-refractivity contribution in [1.29, 1.82) is 0 Å². The van der Waals surface area contributed by atoms with E-state index in [1.807, 2.05) is 24.3 Å². The van der Waals surface area contributed by atoms with E-state index in [1.54, 1.807) is 11.3 Å². The Morgan fingerprint density at radius 2 is 1.85 bits per heavy atom. The van der Waals surface area contributed by atoms with Gasteiger partial charge in [-0.05, 0) is 37.7 Å². The molecule has 0 unspecified atom stereocenters. The average Bonchev–Trinajstić information content (AvgIpc) is 3.10. The number of fused-ring (bicyclic) bond motifs is 1. The van der Waals surface area contributed by atoms with E-state index in [1.165, 1.54) is 29.0 Å². The molecular weight excluding hydrogens is 356 g/mol. The Bertz CT molecular complexity index is 757. The van der Waals surface area contributed by atoms with Crippen molar-refractivity contribution in [2.24, 2.45) is 0 Å². The number of Topliss-reactive ketones (excluding diaryl/α,β-unsaturated/α-hetero) is 1. The summed E-state index contributed by atoms with van der Waals surface area (Å²) in [5, 5.41) is 4.04. The fourth-order valence-corrected chi connectivity index (χ4v) is 4.58. The third kappa shape index (κ3) is 5.73. The summed E-state index contributed by atoms with van der Waals surface area (Å²) in [6.07, 6.45) is 8.14. The van der Waals surface area contributed by atoms with Crippen LogP contribution in [0, 0.1) is 0 Å². The highest BCUT2D eigenvalue weighted by molar-refractivity contribution is 7.11. The van der Waals surface area contributed by atoms with Crippen molar-refractivity contribution in [2.45, 2.75) is 64.7 Å². The maximum Gasteiger partial charge on any atom is 0.220 e. The predicted molar refractivity (Wildman–Crippen MR) is 109 cm³/mol. The lowest BCUT2D eigenvalue weighted by Gasteiger charge is -2.06. The number of amides is 1. The molecule has 1 aromatic carbocycles. The molecule has 3 rings (SSSR count). The van der Waals surface area contributed by atoms with Crippen LogP contribution in [0.2, 0.25) is 0 Å². The molecule has 0 fully saturated rings. The second-order valence-corrected chi connectivity index (χ2v) is 8.32. The molecule has 0 radical (unpaired) electrons. The lowest BCUT2D eigenvalue weighted by Crippen LogP contribution is -2.26. The number of aromatic nitrogens is 1. The molecule has 144 valence electrons. The van der Waals surface area contributed by atoms with Gasteiger partial charge in [0.25, 0.3) is 0 Å². The van der Waals surface area contributed by atoms with Gasteiger partial charge < -0.3 is 5.32 Å². The topological polar surface area (TPSA) is 59.1 Å². The molecule has 1 aromatic heterocycles. The Kier molecular flexibility index (Phi) is 7.16. The Hall–Kier alpha value is -2.01. The highest BCUT2D eigenvalue weighted by Crippen LogP contribution is 2.26. The van der Waals surface area contributed by atoms with Gasteiger partial charge in [0.05, 0.1) is 10.7 Å². The molecule has 0 aliphatic heterocycles. The summed E-state index contributed by atoms with van der Waals surface area (Å²) in [5.41, 5.74) is 3.20. The van der Waals surface area contributed by atoms with Gasteiger partial charge in [-0.25, -0.2) is 4.98 Å². The highest BCUT2D eigenvalue weighted by atomic mass is 32.1. The molecule has 0 saturated heterocycles. The molecule has 1 aliphatic rings. The molecule has 1 amide bonds. The van der Waals surface area contributed by atoms with E-state index in [-0.39, 0.29) is 24.5 Å². The maximum atomic E-state index is 12.2. The Morgan fingerprint density at radius 3 is 2.59 bits per heavy atom. The molecule has 0 saturated carbocycles. The quantitative estimate of drug-likeness (QED) is 0.656. The summed E-state index contributed by atoms with van der Waals surface area (Å²) in [5.74, 6) is -0.0342. The predicted octanol–water partition coefficient (Wildman–Crippen LogP) is 4.30. The number of ketones is 1. The summed E-state index contributed by atoms with van der Waals surface area (Å²) < 4.78 is 0. The van der Waals surface area contributed by atoms with Crippen LogP contribution in [0.15, 0.2) is 24.3 Å². The number of thiazole rings is 1. The third-order valence-corrected chi connectivity index (χ3v) is 6.16. The largest absolute Gasteiger partial charge is 0.356 e. The first kappa shape index (κ1) is 19.7. The van der Waals surface area contributed by atoms with Crippen LogP contribution in [0.4, 0.5) is 0 Å².